The van der Waals surface area contributed by atoms with E-state index in [9.17, 15) is 4.79 Å². The summed E-state index contributed by atoms with van der Waals surface area (Å²) in [6.45, 7) is 15.0. The SMILES string of the molecule is CCCCN1CCC[C@@]1(CC(C)C)C(=O)NC(C)(C)C. The molecule has 0 radical (unpaired) electrons. The lowest BCUT2D eigenvalue weighted by Crippen LogP contribution is -2.59. The quantitative estimate of drug-likeness (QED) is 0.807. The Labute approximate surface area is 125 Å². The first-order valence-electron chi connectivity index (χ1n) is 8.29. The highest BCUT2D eigenvalue weighted by Gasteiger charge is 2.47. The van der Waals surface area contributed by atoms with Crippen molar-refractivity contribution in [2.24, 2.45) is 5.92 Å². The fraction of sp³-hybridized carbons (Fsp3) is 0.941. The molecular formula is C17H34N2O. The van der Waals surface area contributed by atoms with E-state index in [1.54, 1.807) is 0 Å². The smallest absolute Gasteiger partial charge is 0.240 e. The third-order valence-corrected chi connectivity index (χ3v) is 4.06. The van der Waals surface area contributed by atoms with Gasteiger partial charge >= 0.3 is 0 Å². The fourth-order valence-electron chi connectivity index (χ4n) is 3.32. The Morgan fingerprint density at radius 1 is 1.35 bits per heavy atom. The van der Waals surface area contributed by atoms with Crippen LogP contribution >= 0.6 is 0 Å². The molecule has 1 fully saturated rings. The molecule has 0 aromatic carbocycles. The van der Waals surface area contributed by atoms with Crippen LogP contribution in [0.2, 0.25) is 0 Å². The van der Waals surface area contributed by atoms with E-state index >= 15 is 0 Å². The van der Waals surface area contributed by atoms with Gasteiger partial charge in [-0.1, -0.05) is 27.2 Å². The summed E-state index contributed by atoms with van der Waals surface area (Å²) >= 11 is 0. The highest BCUT2D eigenvalue weighted by atomic mass is 16.2. The van der Waals surface area contributed by atoms with Gasteiger partial charge in [0.05, 0.1) is 0 Å². The molecule has 1 amide bonds. The van der Waals surface area contributed by atoms with Crippen LogP contribution in [0.25, 0.3) is 0 Å². The molecule has 0 spiro atoms. The summed E-state index contributed by atoms with van der Waals surface area (Å²) < 4.78 is 0. The number of amides is 1. The Hall–Kier alpha value is -0.570. The summed E-state index contributed by atoms with van der Waals surface area (Å²) in [5, 5.41) is 3.23. The molecule has 0 unspecified atom stereocenters. The molecule has 0 aromatic rings. The zero-order valence-corrected chi connectivity index (χ0v) is 14.4. The second-order valence-corrected chi connectivity index (χ2v) is 7.78. The molecule has 1 rings (SSSR count). The normalized spacial score (nSPS) is 24.4. The topological polar surface area (TPSA) is 32.3 Å². The first kappa shape index (κ1) is 17.5. The van der Waals surface area contributed by atoms with E-state index in [-0.39, 0.29) is 17.0 Å². The second-order valence-electron chi connectivity index (χ2n) is 7.78. The van der Waals surface area contributed by atoms with Gasteiger partial charge in [0, 0.05) is 5.54 Å². The van der Waals surface area contributed by atoms with E-state index in [1.807, 2.05) is 0 Å². The van der Waals surface area contributed by atoms with Crippen molar-refractivity contribution in [3.63, 3.8) is 0 Å². The Kier molecular flexibility index (Phi) is 6.06. The van der Waals surface area contributed by atoms with Gasteiger partial charge in [0.1, 0.15) is 5.54 Å². The summed E-state index contributed by atoms with van der Waals surface area (Å²) in [4.78, 5) is 15.4. The average molecular weight is 282 g/mol. The predicted octanol–water partition coefficient (Wildman–Crippen LogP) is 3.58. The number of hydrogen-bond acceptors (Lipinski definition) is 2. The van der Waals surface area contributed by atoms with Crippen molar-refractivity contribution in [2.45, 2.75) is 84.7 Å². The van der Waals surface area contributed by atoms with Gasteiger partial charge in [0.15, 0.2) is 0 Å². The number of hydrogen-bond donors (Lipinski definition) is 1. The maximum absolute atomic E-state index is 12.9. The monoisotopic (exact) mass is 282 g/mol. The summed E-state index contributed by atoms with van der Waals surface area (Å²) in [5.41, 5.74) is -0.420. The van der Waals surface area contributed by atoms with Gasteiger partial charge in [-0.15, -0.1) is 0 Å². The highest BCUT2D eigenvalue weighted by molar-refractivity contribution is 5.87. The Balaban J connectivity index is 2.92. The van der Waals surface area contributed by atoms with Crippen molar-refractivity contribution in [3.8, 4) is 0 Å². The number of carbonyl (C=O) groups is 1. The zero-order valence-electron chi connectivity index (χ0n) is 14.4. The van der Waals surface area contributed by atoms with Crippen LogP contribution in [0.4, 0.5) is 0 Å². The van der Waals surface area contributed by atoms with Crippen LogP contribution < -0.4 is 5.32 Å². The average Bonchev–Trinajstić information content (AvgIpc) is 2.67. The number of rotatable bonds is 6. The van der Waals surface area contributed by atoms with Crippen LogP contribution in [0.15, 0.2) is 0 Å². The fourth-order valence-corrected chi connectivity index (χ4v) is 3.32. The molecule has 1 heterocycles. The zero-order chi connectivity index (χ0) is 15.4. The Morgan fingerprint density at radius 2 is 2.00 bits per heavy atom. The van der Waals surface area contributed by atoms with Gasteiger partial charge in [-0.2, -0.15) is 0 Å². The van der Waals surface area contributed by atoms with Gasteiger partial charge in [-0.05, 0) is 65.5 Å². The van der Waals surface area contributed by atoms with E-state index < -0.39 is 0 Å². The first-order chi connectivity index (χ1) is 9.21. The minimum atomic E-state index is -0.267. The molecule has 20 heavy (non-hydrogen) atoms. The predicted molar refractivity (Wildman–Crippen MR) is 85.8 cm³/mol. The second kappa shape index (κ2) is 6.93. The van der Waals surface area contributed by atoms with Gasteiger partial charge in [-0.3, -0.25) is 9.69 Å². The molecule has 1 N–H and O–H groups in total. The summed E-state index contributed by atoms with van der Waals surface area (Å²) in [6, 6.07) is 0. The van der Waals surface area contributed by atoms with Gasteiger partial charge in [-0.25, -0.2) is 0 Å². The number of nitrogens with one attached hydrogen (secondary N) is 1. The van der Waals surface area contributed by atoms with Crippen molar-refractivity contribution >= 4 is 5.91 Å². The van der Waals surface area contributed by atoms with E-state index in [4.69, 9.17) is 0 Å². The van der Waals surface area contributed by atoms with Gasteiger partial charge in [0.2, 0.25) is 5.91 Å². The van der Waals surface area contributed by atoms with Crippen molar-refractivity contribution in [2.75, 3.05) is 13.1 Å². The van der Waals surface area contributed by atoms with Crippen LogP contribution in [0, 0.1) is 5.92 Å². The van der Waals surface area contributed by atoms with Crippen molar-refractivity contribution in [1.82, 2.24) is 10.2 Å². The van der Waals surface area contributed by atoms with Crippen LogP contribution in [0.5, 0.6) is 0 Å². The van der Waals surface area contributed by atoms with Crippen molar-refractivity contribution in [1.29, 1.82) is 0 Å². The molecule has 1 atom stereocenters. The lowest BCUT2D eigenvalue weighted by atomic mass is 9.84. The highest BCUT2D eigenvalue weighted by Crippen LogP contribution is 2.36. The number of nitrogens with zero attached hydrogens (tertiary/aromatic N) is 1. The third-order valence-electron chi connectivity index (χ3n) is 4.06. The minimum Gasteiger partial charge on any atom is -0.350 e. The lowest BCUT2D eigenvalue weighted by molar-refractivity contribution is -0.134. The van der Waals surface area contributed by atoms with Gasteiger partial charge in [0.25, 0.3) is 0 Å². The number of unbranched alkanes of at least 4 members (excludes halogenated alkanes) is 1. The number of likely N-dealkylation sites (tertiary alicyclic amines) is 1. The van der Waals surface area contributed by atoms with Gasteiger partial charge < -0.3 is 5.32 Å². The third kappa shape index (κ3) is 4.47. The maximum Gasteiger partial charge on any atom is 0.240 e. The summed E-state index contributed by atoms with van der Waals surface area (Å²) in [6.07, 6.45) is 5.50. The minimum absolute atomic E-state index is 0.153. The molecule has 1 aliphatic heterocycles. The van der Waals surface area contributed by atoms with Crippen molar-refractivity contribution in [3.05, 3.63) is 0 Å². The lowest BCUT2D eigenvalue weighted by Gasteiger charge is -2.40. The summed E-state index contributed by atoms with van der Waals surface area (Å²) in [7, 11) is 0. The Bertz CT molecular complexity index is 319. The van der Waals surface area contributed by atoms with E-state index in [2.05, 4.69) is 51.8 Å². The standard InChI is InChI=1S/C17H34N2O/c1-7-8-11-19-12-9-10-17(19,13-14(2)3)15(20)18-16(4,5)6/h14H,7-13H2,1-6H3,(H,18,20)/t17-/m1/s1. The van der Waals surface area contributed by atoms with E-state index in [0.717, 1.165) is 32.4 Å². The molecule has 118 valence electrons. The molecule has 3 nitrogen and oxygen atoms in total. The van der Waals surface area contributed by atoms with Crippen LogP contribution in [0.3, 0.4) is 0 Å². The van der Waals surface area contributed by atoms with Crippen LogP contribution in [-0.4, -0.2) is 35.0 Å². The molecule has 0 aromatic heterocycles. The van der Waals surface area contributed by atoms with Crippen LogP contribution in [0.1, 0.15) is 73.6 Å². The molecule has 1 saturated heterocycles. The molecule has 1 aliphatic rings. The largest absolute Gasteiger partial charge is 0.350 e. The van der Waals surface area contributed by atoms with E-state index in [1.165, 1.54) is 12.8 Å². The Morgan fingerprint density at radius 3 is 2.50 bits per heavy atom. The molecule has 0 bridgehead atoms. The summed E-state index contributed by atoms with van der Waals surface area (Å²) in [5.74, 6) is 0.787. The molecular weight excluding hydrogens is 248 g/mol. The molecule has 3 heteroatoms. The van der Waals surface area contributed by atoms with E-state index in [0.29, 0.717) is 5.92 Å². The number of carbonyl (C=O) groups excluding carboxylic acids is 1. The van der Waals surface area contributed by atoms with Crippen molar-refractivity contribution < 1.29 is 4.79 Å². The molecule has 0 saturated carbocycles. The molecule has 0 aliphatic carbocycles. The maximum atomic E-state index is 12.9. The van der Waals surface area contributed by atoms with Crippen LogP contribution in [-0.2, 0) is 4.79 Å². The first-order valence-corrected chi connectivity index (χ1v) is 8.29.